The Bertz CT molecular complexity index is 434. The molecule has 1 rings (SSSR count). The molecular weight excluding hydrogens is 220 g/mol. The average Bonchev–Trinajstić information content (AvgIpc) is 2.27. The topological polar surface area (TPSA) is 52.6 Å². The quantitative estimate of drug-likeness (QED) is 0.453. The van der Waals surface area contributed by atoms with Crippen LogP contribution >= 0.6 is 0 Å². The smallest absolute Gasteiger partial charge is 0.335 e. The van der Waals surface area contributed by atoms with E-state index in [1.54, 1.807) is 19.1 Å². The van der Waals surface area contributed by atoms with Gasteiger partial charge < -0.3 is 9.47 Å². The zero-order valence-corrected chi connectivity index (χ0v) is 9.43. The normalized spacial score (nSPS) is 9.24. The number of benzene rings is 1. The zero-order valence-electron chi connectivity index (χ0n) is 9.43. The Morgan fingerprint density at radius 2 is 1.41 bits per heavy atom. The van der Waals surface area contributed by atoms with Crippen molar-refractivity contribution in [2.45, 2.75) is 6.92 Å². The molecular formula is C13H12O4. The number of esters is 2. The maximum atomic E-state index is 11.0. The number of hydrogen-bond acceptors (Lipinski definition) is 4. The van der Waals surface area contributed by atoms with E-state index in [2.05, 4.69) is 13.2 Å². The average molecular weight is 232 g/mol. The summed E-state index contributed by atoms with van der Waals surface area (Å²) in [7, 11) is 0. The van der Waals surface area contributed by atoms with Crippen molar-refractivity contribution in [3.63, 3.8) is 0 Å². The molecule has 1 aromatic rings. The second-order valence-electron chi connectivity index (χ2n) is 3.23. The molecule has 0 aromatic heterocycles. The molecule has 4 heteroatoms. The van der Waals surface area contributed by atoms with Crippen molar-refractivity contribution in [3.05, 3.63) is 49.1 Å². The van der Waals surface area contributed by atoms with E-state index < -0.39 is 11.9 Å². The minimum absolute atomic E-state index is 0.293. The highest BCUT2D eigenvalue weighted by molar-refractivity contribution is 5.84. The van der Waals surface area contributed by atoms with Crippen LogP contribution in [-0.4, -0.2) is 11.9 Å². The summed E-state index contributed by atoms with van der Waals surface area (Å²) in [6.07, 6.45) is 2.11. The fourth-order valence-electron chi connectivity index (χ4n) is 1.15. The molecule has 0 heterocycles. The summed E-state index contributed by atoms with van der Waals surface area (Å²) in [6.45, 7) is 8.37. The van der Waals surface area contributed by atoms with Gasteiger partial charge in [0, 0.05) is 18.2 Å². The molecule has 4 nitrogen and oxygen atoms in total. The number of aryl methyl sites for hydroxylation is 1. The summed E-state index contributed by atoms with van der Waals surface area (Å²) in [6, 6.07) is 4.73. The van der Waals surface area contributed by atoms with Gasteiger partial charge in [0.25, 0.3) is 0 Å². The van der Waals surface area contributed by atoms with Crippen LogP contribution < -0.4 is 9.47 Å². The Morgan fingerprint density at radius 3 is 1.76 bits per heavy atom. The van der Waals surface area contributed by atoms with Gasteiger partial charge in [0.1, 0.15) is 11.5 Å². The highest BCUT2D eigenvalue weighted by atomic mass is 16.5. The first-order valence-electron chi connectivity index (χ1n) is 4.85. The molecule has 0 aliphatic heterocycles. The second kappa shape index (κ2) is 5.65. The van der Waals surface area contributed by atoms with Gasteiger partial charge in [-0.15, -0.1) is 0 Å². The van der Waals surface area contributed by atoms with E-state index in [0.717, 1.165) is 17.7 Å². The highest BCUT2D eigenvalue weighted by Gasteiger charge is 2.06. The van der Waals surface area contributed by atoms with E-state index >= 15 is 0 Å². The van der Waals surface area contributed by atoms with Crippen LogP contribution in [0.1, 0.15) is 5.56 Å². The molecule has 0 aliphatic carbocycles. The fourth-order valence-corrected chi connectivity index (χ4v) is 1.15. The van der Waals surface area contributed by atoms with E-state index in [9.17, 15) is 9.59 Å². The van der Waals surface area contributed by atoms with Crippen LogP contribution in [-0.2, 0) is 9.59 Å². The number of rotatable bonds is 4. The third-order valence-corrected chi connectivity index (χ3v) is 1.79. The summed E-state index contributed by atoms with van der Waals surface area (Å²) < 4.78 is 9.85. The minimum atomic E-state index is -0.573. The van der Waals surface area contributed by atoms with Crippen LogP contribution in [0, 0.1) is 6.92 Å². The number of ether oxygens (including phenoxy) is 2. The van der Waals surface area contributed by atoms with Crippen molar-refractivity contribution < 1.29 is 19.1 Å². The molecule has 0 fully saturated rings. The predicted molar refractivity (Wildman–Crippen MR) is 62.8 cm³/mol. The maximum Gasteiger partial charge on any atom is 0.335 e. The van der Waals surface area contributed by atoms with Crippen LogP contribution in [0.4, 0.5) is 0 Å². The Morgan fingerprint density at radius 1 is 1.00 bits per heavy atom. The van der Waals surface area contributed by atoms with Crippen molar-refractivity contribution >= 4 is 11.9 Å². The van der Waals surface area contributed by atoms with Gasteiger partial charge in [-0.25, -0.2) is 9.59 Å². The number of carbonyl (C=O) groups is 2. The number of carbonyl (C=O) groups excluding carboxylic acids is 2. The summed E-state index contributed by atoms with van der Waals surface area (Å²) in [5.74, 6) is -0.559. The first kappa shape index (κ1) is 12.7. The fraction of sp³-hybridized carbons (Fsp3) is 0.0769. The van der Waals surface area contributed by atoms with Crippen molar-refractivity contribution in [2.75, 3.05) is 0 Å². The molecule has 17 heavy (non-hydrogen) atoms. The van der Waals surface area contributed by atoms with Crippen LogP contribution in [0.2, 0.25) is 0 Å². The minimum Gasteiger partial charge on any atom is -0.423 e. The molecule has 0 saturated heterocycles. The van der Waals surface area contributed by atoms with Crippen molar-refractivity contribution in [3.8, 4) is 11.5 Å². The maximum absolute atomic E-state index is 11.0. The van der Waals surface area contributed by atoms with Crippen LogP contribution in [0.3, 0.4) is 0 Å². The molecule has 0 N–H and O–H groups in total. The SMILES string of the molecule is C=CC(=O)Oc1cc(C)cc(OC(=O)C=C)c1. The lowest BCUT2D eigenvalue weighted by Gasteiger charge is -2.06. The standard InChI is InChI=1S/C13H12O4/c1-4-12(14)16-10-6-9(3)7-11(8-10)17-13(15)5-2/h4-8H,1-2H2,3H3. The van der Waals surface area contributed by atoms with E-state index in [1.165, 1.54) is 6.07 Å². The second-order valence-corrected chi connectivity index (χ2v) is 3.23. The number of hydrogen-bond donors (Lipinski definition) is 0. The van der Waals surface area contributed by atoms with Crippen molar-refractivity contribution in [1.29, 1.82) is 0 Å². The summed E-state index contributed by atoms with van der Waals surface area (Å²) in [5, 5.41) is 0. The van der Waals surface area contributed by atoms with Gasteiger partial charge in [0.15, 0.2) is 0 Å². The van der Waals surface area contributed by atoms with Crippen LogP contribution in [0.25, 0.3) is 0 Å². The molecule has 0 amide bonds. The first-order chi connectivity index (χ1) is 8.05. The monoisotopic (exact) mass is 232 g/mol. The molecule has 88 valence electrons. The van der Waals surface area contributed by atoms with Crippen molar-refractivity contribution in [1.82, 2.24) is 0 Å². The molecule has 0 atom stereocenters. The molecule has 0 radical (unpaired) electrons. The van der Waals surface area contributed by atoms with Gasteiger partial charge in [-0.05, 0) is 24.6 Å². The van der Waals surface area contributed by atoms with Gasteiger partial charge in [-0.1, -0.05) is 13.2 Å². The summed E-state index contributed by atoms with van der Waals surface area (Å²) >= 11 is 0. The van der Waals surface area contributed by atoms with Gasteiger partial charge >= 0.3 is 11.9 Å². The Labute approximate surface area is 99.2 Å². The van der Waals surface area contributed by atoms with E-state index in [0.29, 0.717) is 11.5 Å². The van der Waals surface area contributed by atoms with Crippen molar-refractivity contribution in [2.24, 2.45) is 0 Å². The molecule has 0 spiro atoms. The summed E-state index contributed by atoms with van der Waals surface area (Å²) in [5.41, 5.74) is 0.797. The largest absolute Gasteiger partial charge is 0.423 e. The molecule has 0 bridgehead atoms. The Balaban J connectivity index is 2.93. The Hall–Kier alpha value is -2.36. The van der Waals surface area contributed by atoms with Gasteiger partial charge in [-0.2, -0.15) is 0 Å². The Kier molecular flexibility index (Phi) is 4.22. The lowest BCUT2D eigenvalue weighted by molar-refractivity contribution is -0.129. The molecule has 0 saturated carbocycles. The molecule has 1 aromatic carbocycles. The van der Waals surface area contributed by atoms with Gasteiger partial charge in [-0.3, -0.25) is 0 Å². The third-order valence-electron chi connectivity index (χ3n) is 1.79. The lowest BCUT2D eigenvalue weighted by Crippen LogP contribution is -2.06. The van der Waals surface area contributed by atoms with Gasteiger partial charge in [0.05, 0.1) is 0 Å². The predicted octanol–water partition coefficient (Wildman–Crippen LogP) is 2.18. The summed E-state index contributed by atoms with van der Waals surface area (Å²) in [4.78, 5) is 22.0. The molecule has 0 aliphatic rings. The lowest BCUT2D eigenvalue weighted by atomic mass is 10.2. The zero-order chi connectivity index (χ0) is 12.8. The van der Waals surface area contributed by atoms with E-state index in [-0.39, 0.29) is 0 Å². The van der Waals surface area contributed by atoms with Gasteiger partial charge in [0.2, 0.25) is 0 Å². The van der Waals surface area contributed by atoms with Crippen LogP contribution in [0.15, 0.2) is 43.5 Å². The molecule has 0 unspecified atom stereocenters. The van der Waals surface area contributed by atoms with E-state index in [1.807, 2.05) is 0 Å². The first-order valence-corrected chi connectivity index (χ1v) is 4.85. The van der Waals surface area contributed by atoms with Crippen LogP contribution in [0.5, 0.6) is 11.5 Å². The third kappa shape index (κ3) is 3.95. The van der Waals surface area contributed by atoms with E-state index in [4.69, 9.17) is 9.47 Å². The highest BCUT2D eigenvalue weighted by Crippen LogP contribution is 2.23.